The molecule has 0 fully saturated rings. The minimum absolute atomic E-state index is 0.106. The molecule has 18 heteroatoms. The highest BCUT2D eigenvalue weighted by atomic mass is 16.4. The van der Waals surface area contributed by atoms with E-state index in [1.54, 1.807) is 6.92 Å². The largest absolute Gasteiger partial charge is 0.481 e. The lowest BCUT2D eigenvalue weighted by molar-refractivity contribution is -0.139. The summed E-state index contributed by atoms with van der Waals surface area (Å²) in [7, 11) is 0. The number of primary amides is 1. The zero-order valence-electron chi connectivity index (χ0n) is 30.2. The van der Waals surface area contributed by atoms with Gasteiger partial charge in [-0.2, -0.15) is 0 Å². The van der Waals surface area contributed by atoms with Crippen molar-refractivity contribution in [2.45, 2.75) is 117 Å². The number of aliphatic hydroxyl groups excluding tert-OH is 1. The zero-order chi connectivity index (χ0) is 39.7. The van der Waals surface area contributed by atoms with Crippen LogP contribution < -0.4 is 21.7 Å². The number of carboxylic acid groups (broad SMARTS) is 2. The van der Waals surface area contributed by atoms with Gasteiger partial charge < -0.3 is 42.0 Å². The first-order chi connectivity index (χ1) is 24.3. The molecular formula is C34H52N6O12. The van der Waals surface area contributed by atoms with Gasteiger partial charge in [-0.25, -0.2) is 4.98 Å². The van der Waals surface area contributed by atoms with Gasteiger partial charge in [-0.15, -0.1) is 0 Å². The molecule has 0 aliphatic rings. The van der Waals surface area contributed by atoms with E-state index in [1.165, 1.54) is 40.2 Å². The number of nitrogens with two attached hydrogens (primary N) is 1. The molecule has 1 aromatic rings. The number of aromatic nitrogens is 2. The molecule has 0 saturated carbocycles. The number of aliphatic hydroxyl groups is 1. The SMILES string of the molecule is CC[C@H](CCC(=O)O)C(=O)N[C@H](C)C(=O)C[C@H](C)C(=O)N[C@H](C)C(=O)C[C@@H](C(=O)N[C@H](Cc1cnc[nH]1)C(=O)C[C@H](CCC(=O)O)C(N)=O)[C@H](C)O. The van der Waals surface area contributed by atoms with Crippen molar-refractivity contribution in [3.63, 3.8) is 0 Å². The van der Waals surface area contributed by atoms with Crippen LogP contribution in [-0.4, -0.2) is 102 Å². The first kappa shape index (κ1) is 45.0. The molecule has 0 aromatic carbocycles. The standard InChI is InChI=1S/C34H52N6O12/c1-6-21(7-9-29(45)46)33(51)39-18(3)26(42)11-17(2)32(50)38-19(4)27(43)14-24(20(5)41)34(52)40-25(13-23-15-36-16-37-23)28(44)12-22(31(35)49)8-10-30(47)48/h15-22,24-25,41H,6-14H2,1-5H3,(H2,35,49)(H,36,37)(H,38,50)(H,39,51)(H,40,52)(H,45,46)(H,47,48)/t17-,18+,19+,20-,21+,22-,24+,25+/m0/s1. The maximum absolute atomic E-state index is 13.4. The van der Waals surface area contributed by atoms with E-state index in [1.807, 2.05) is 0 Å². The molecular weight excluding hydrogens is 684 g/mol. The van der Waals surface area contributed by atoms with Crippen molar-refractivity contribution in [2.75, 3.05) is 0 Å². The van der Waals surface area contributed by atoms with Crippen LogP contribution in [0.5, 0.6) is 0 Å². The Labute approximate surface area is 301 Å². The fourth-order valence-electron chi connectivity index (χ4n) is 5.28. The van der Waals surface area contributed by atoms with E-state index in [0.717, 1.165) is 0 Å². The highest BCUT2D eigenvalue weighted by Crippen LogP contribution is 2.18. The predicted octanol–water partition coefficient (Wildman–Crippen LogP) is -0.186. The summed E-state index contributed by atoms with van der Waals surface area (Å²) in [6.45, 7) is 7.26. The molecule has 1 heterocycles. The van der Waals surface area contributed by atoms with E-state index in [-0.39, 0.29) is 32.1 Å². The number of aromatic amines is 1. The fourth-order valence-corrected chi connectivity index (χ4v) is 5.28. The third kappa shape index (κ3) is 15.9. The molecule has 0 spiro atoms. The van der Waals surface area contributed by atoms with Crippen LogP contribution in [0.2, 0.25) is 0 Å². The van der Waals surface area contributed by atoms with Gasteiger partial charge in [-0.05, 0) is 40.0 Å². The van der Waals surface area contributed by atoms with E-state index in [4.69, 9.17) is 15.9 Å². The first-order valence-electron chi connectivity index (χ1n) is 17.1. The van der Waals surface area contributed by atoms with Gasteiger partial charge in [0.05, 0.1) is 36.5 Å². The molecule has 1 aromatic heterocycles. The molecule has 0 unspecified atom stereocenters. The van der Waals surface area contributed by atoms with Crippen molar-refractivity contribution in [3.05, 3.63) is 18.2 Å². The van der Waals surface area contributed by atoms with Gasteiger partial charge in [0.25, 0.3) is 0 Å². The summed E-state index contributed by atoms with van der Waals surface area (Å²) in [5.41, 5.74) is 5.82. The quantitative estimate of drug-likeness (QED) is 0.0613. The van der Waals surface area contributed by atoms with E-state index in [0.29, 0.717) is 12.1 Å². The van der Waals surface area contributed by atoms with Gasteiger partial charge in [0, 0.05) is 68.2 Å². The highest BCUT2D eigenvalue weighted by Gasteiger charge is 2.34. The number of aliphatic carboxylic acids is 2. The fraction of sp³-hybridized carbons (Fsp3) is 0.647. The van der Waals surface area contributed by atoms with Crippen LogP contribution in [0.15, 0.2) is 12.5 Å². The Kier molecular flexibility index (Phi) is 19.1. The molecule has 0 radical (unpaired) electrons. The molecule has 0 saturated heterocycles. The number of amides is 4. The average molecular weight is 737 g/mol. The zero-order valence-corrected chi connectivity index (χ0v) is 30.2. The smallest absolute Gasteiger partial charge is 0.303 e. The molecule has 290 valence electrons. The Balaban J connectivity index is 2.90. The predicted molar refractivity (Wildman–Crippen MR) is 183 cm³/mol. The van der Waals surface area contributed by atoms with Crippen LogP contribution in [0.25, 0.3) is 0 Å². The number of hydrogen-bond acceptors (Lipinski definition) is 11. The van der Waals surface area contributed by atoms with Gasteiger partial charge in [0.15, 0.2) is 17.3 Å². The second-order valence-corrected chi connectivity index (χ2v) is 13.1. The van der Waals surface area contributed by atoms with Crippen LogP contribution in [0.4, 0.5) is 0 Å². The highest BCUT2D eigenvalue weighted by molar-refractivity contribution is 5.97. The summed E-state index contributed by atoms with van der Waals surface area (Å²) in [6, 6.07) is -3.37. The minimum atomic E-state index is -1.38. The van der Waals surface area contributed by atoms with Crippen molar-refractivity contribution in [1.82, 2.24) is 25.9 Å². The van der Waals surface area contributed by atoms with Crippen molar-refractivity contribution in [1.29, 1.82) is 0 Å². The van der Waals surface area contributed by atoms with E-state index >= 15 is 0 Å². The molecule has 1 rings (SSSR count). The Morgan fingerprint density at radius 2 is 1.29 bits per heavy atom. The number of nitrogens with one attached hydrogen (secondary N) is 4. The van der Waals surface area contributed by atoms with Gasteiger partial charge in [-0.3, -0.25) is 43.2 Å². The first-order valence-corrected chi connectivity index (χ1v) is 17.1. The number of imidazole rings is 1. The molecule has 9 N–H and O–H groups in total. The molecule has 8 atom stereocenters. The molecule has 18 nitrogen and oxygen atoms in total. The van der Waals surface area contributed by atoms with Crippen molar-refractivity contribution < 1.29 is 58.5 Å². The molecule has 0 aliphatic heterocycles. The number of carboxylic acids is 2. The van der Waals surface area contributed by atoms with Crippen LogP contribution in [0, 0.1) is 23.7 Å². The Bertz CT molecular complexity index is 1430. The lowest BCUT2D eigenvalue weighted by Gasteiger charge is -2.25. The average Bonchev–Trinajstić information content (AvgIpc) is 3.57. The Morgan fingerprint density at radius 1 is 0.750 bits per heavy atom. The summed E-state index contributed by atoms with van der Waals surface area (Å²) >= 11 is 0. The van der Waals surface area contributed by atoms with Crippen molar-refractivity contribution in [2.24, 2.45) is 29.4 Å². The summed E-state index contributed by atoms with van der Waals surface area (Å²) < 4.78 is 0. The number of carbonyl (C=O) groups excluding carboxylic acids is 7. The Morgan fingerprint density at radius 3 is 1.77 bits per heavy atom. The van der Waals surface area contributed by atoms with Gasteiger partial charge in [0.2, 0.25) is 23.6 Å². The Hall–Kier alpha value is -5.00. The second kappa shape index (κ2) is 22.0. The maximum Gasteiger partial charge on any atom is 0.303 e. The van der Waals surface area contributed by atoms with Crippen LogP contribution in [-0.2, 0) is 49.6 Å². The number of rotatable bonds is 26. The number of H-pyrrole nitrogens is 1. The number of Topliss-reactive ketones (excluding diaryl/α,β-unsaturated/α-hetero) is 3. The van der Waals surface area contributed by atoms with E-state index < -0.39 is 120 Å². The third-order valence-electron chi connectivity index (χ3n) is 8.79. The summed E-state index contributed by atoms with van der Waals surface area (Å²) in [5.74, 6) is -10.9. The van der Waals surface area contributed by atoms with E-state index in [2.05, 4.69) is 25.9 Å². The van der Waals surface area contributed by atoms with E-state index in [9.17, 15) is 48.3 Å². The summed E-state index contributed by atoms with van der Waals surface area (Å²) in [6.07, 6.45) is -0.371. The van der Waals surface area contributed by atoms with Gasteiger partial charge in [-0.1, -0.05) is 13.8 Å². The van der Waals surface area contributed by atoms with Crippen LogP contribution in [0.1, 0.15) is 91.7 Å². The third-order valence-corrected chi connectivity index (χ3v) is 8.79. The van der Waals surface area contributed by atoms with Gasteiger partial charge in [0.1, 0.15) is 0 Å². The normalized spacial score (nSPS) is 15.7. The molecule has 52 heavy (non-hydrogen) atoms. The van der Waals surface area contributed by atoms with Gasteiger partial charge >= 0.3 is 11.9 Å². The maximum atomic E-state index is 13.4. The monoisotopic (exact) mass is 736 g/mol. The molecule has 4 amide bonds. The summed E-state index contributed by atoms with van der Waals surface area (Å²) in [5, 5.41) is 35.9. The lowest BCUT2D eigenvalue weighted by Crippen LogP contribution is -2.49. The molecule has 0 aliphatic carbocycles. The lowest BCUT2D eigenvalue weighted by atomic mass is 9.90. The second-order valence-electron chi connectivity index (χ2n) is 13.1. The number of hydrogen-bond donors (Lipinski definition) is 8. The van der Waals surface area contributed by atoms with Crippen LogP contribution in [0.3, 0.4) is 0 Å². The number of ketones is 3. The number of nitrogens with zero attached hydrogens (tertiary/aromatic N) is 1. The van der Waals surface area contributed by atoms with Crippen LogP contribution >= 0.6 is 0 Å². The van der Waals surface area contributed by atoms with Crippen molar-refractivity contribution >= 4 is 52.9 Å². The van der Waals surface area contributed by atoms with Crippen molar-refractivity contribution in [3.8, 4) is 0 Å². The topological polar surface area (TPSA) is 305 Å². The number of carbonyl (C=O) groups is 9. The minimum Gasteiger partial charge on any atom is -0.481 e. The molecule has 0 bridgehead atoms. The summed E-state index contributed by atoms with van der Waals surface area (Å²) in [4.78, 5) is 118.